The minimum atomic E-state index is -1.31. The predicted molar refractivity (Wildman–Crippen MR) is 55.7 cm³/mol. The Morgan fingerprint density at radius 1 is 1.50 bits per heavy atom. The molecule has 1 fully saturated rings. The SMILES string of the molecule is CCCCC#CC1(O)CCCCC1=O. The first-order valence-corrected chi connectivity index (χ1v) is 5.45. The van der Waals surface area contributed by atoms with Crippen LogP contribution in [0.2, 0.25) is 0 Å². The smallest absolute Gasteiger partial charge is 0.184 e. The molecule has 0 heterocycles. The van der Waals surface area contributed by atoms with Gasteiger partial charge in [-0.3, -0.25) is 4.79 Å². The molecular weight excluding hydrogens is 176 g/mol. The molecule has 0 spiro atoms. The molecule has 0 aromatic heterocycles. The summed E-state index contributed by atoms with van der Waals surface area (Å²) in [5.74, 6) is 5.55. The Labute approximate surface area is 85.7 Å². The van der Waals surface area contributed by atoms with Gasteiger partial charge < -0.3 is 5.11 Å². The van der Waals surface area contributed by atoms with Crippen LogP contribution in [0.25, 0.3) is 0 Å². The van der Waals surface area contributed by atoms with E-state index in [1.165, 1.54) is 0 Å². The molecule has 1 atom stereocenters. The number of aliphatic hydroxyl groups is 1. The third kappa shape index (κ3) is 2.85. The van der Waals surface area contributed by atoms with Crippen LogP contribution in [0.1, 0.15) is 51.9 Å². The summed E-state index contributed by atoms with van der Waals surface area (Å²) < 4.78 is 0. The molecule has 0 aromatic rings. The summed E-state index contributed by atoms with van der Waals surface area (Å²) in [6, 6.07) is 0. The maximum Gasteiger partial charge on any atom is 0.184 e. The molecule has 14 heavy (non-hydrogen) atoms. The molecule has 0 aromatic carbocycles. The van der Waals surface area contributed by atoms with Gasteiger partial charge in [-0.25, -0.2) is 0 Å². The molecule has 1 N–H and O–H groups in total. The number of carbonyl (C=O) groups excluding carboxylic acids is 1. The minimum Gasteiger partial charge on any atom is -0.371 e. The lowest BCUT2D eigenvalue weighted by atomic mass is 9.84. The second-order valence-corrected chi connectivity index (χ2v) is 3.90. The van der Waals surface area contributed by atoms with E-state index in [1.54, 1.807) is 0 Å². The van der Waals surface area contributed by atoms with Crippen LogP contribution in [0.4, 0.5) is 0 Å². The molecule has 0 saturated heterocycles. The largest absolute Gasteiger partial charge is 0.371 e. The first kappa shape index (κ1) is 11.3. The van der Waals surface area contributed by atoms with Crippen molar-refractivity contribution in [1.29, 1.82) is 0 Å². The number of carbonyl (C=O) groups is 1. The first-order valence-electron chi connectivity index (χ1n) is 5.45. The lowest BCUT2D eigenvalue weighted by Crippen LogP contribution is -2.39. The summed E-state index contributed by atoms with van der Waals surface area (Å²) >= 11 is 0. The van der Waals surface area contributed by atoms with Gasteiger partial charge in [-0.2, -0.15) is 0 Å². The number of hydrogen-bond acceptors (Lipinski definition) is 2. The molecule has 2 heteroatoms. The fourth-order valence-corrected chi connectivity index (χ4v) is 1.62. The number of hydrogen-bond donors (Lipinski definition) is 1. The highest BCUT2D eigenvalue weighted by molar-refractivity contribution is 5.91. The van der Waals surface area contributed by atoms with E-state index >= 15 is 0 Å². The molecule has 78 valence electrons. The van der Waals surface area contributed by atoms with Crippen molar-refractivity contribution in [1.82, 2.24) is 0 Å². The van der Waals surface area contributed by atoms with Crippen molar-refractivity contribution in [2.45, 2.75) is 57.5 Å². The Balaban J connectivity index is 2.53. The zero-order valence-corrected chi connectivity index (χ0v) is 8.81. The second kappa shape index (κ2) is 5.17. The molecule has 2 nitrogen and oxygen atoms in total. The van der Waals surface area contributed by atoms with E-state index in [1.807, 2.05) is 0 Å². The van der Waals surface area contributed by atoms with Crippen molar-refractivity contribution in [3.63, 3.8) is 0 Å². The van der Waals surface area contributed by atoms with E-state index in [9.17, 15) is 9.90 Å². The van der Waals surface area contributed by atoms with Gasteiger partial charge in [0.2, 0.25) is 0 Å². The summed E-state index contributed by atoms with van der Waals surface area (Å²) in [7, 11) is 0. The number of rotatable bonds is 2. The lowest BCUT2D eigenvalue weighted by molar-refractivity contribution is -0.134. The van der Waals surface area contributed by atoms with Gasteiger partial charge in [0.25, 0.3) is 0 Å². The fraction of sp³-hybridized carbons (Fsp3) is 0.750. The highest BCUT2D eigenvalue weighted by Crippen LogP contribution is 2.24. The second-order valence-electron chi connectivity index (χ2n) is 3.90. The third-order valence-electron chi connectivity index (χ3n) is 2.60. The van der Waals surface area contributed by atoms with Crippen molar-refractivity contribution >= 4 is 5.78 Å². The molecule has 1 rings (SSSR count). The van der Waals surface area contributed by atoms with Gasteiger partial charge >= 0.3 is 0 Å². The highest BCUT2D eigenvalue weighted by Gasteiger charge is 2.35. The van der Waals surface area contributed by atoms with Gasteiger partial charge in [0.1, 0.15) is 0 Å². The molecule has 1 aliphatic rings. The Morgan fingerprint density at radius 2 is 2.29 bits per heavy atom. The van der Waals surface area contributed by atoms with Crippen molar-refractivity contribution < 1.29 is 9.90 Å². The van der Waals surface area contributed by atoms with E-state index in [2.05, 4.69) is 18.8 Å². The summed E-state index contributed by atoms with van der Waals surface area (Å²) in [4.78, 5) is 11.4. The van der Waals surface area contributed by atoms with Crippen LogP contribution in [-0.4, -0.2) is 16.5 Å². The predicted octanol–water partition coefficient (Wildman–Crippen LogP) is 2.05. The maximum atomic E-state index is 11.4. The Kier molecular flexibility index (Phi) is 4.16. The van der Waals surface area contributed by atoms with E-state index in [4.69, 9.17) is 0 Å². The molecule has 1 unspecified atom stereocenters. The van der Waals surface area contributed by atoms with E-state index < -0.39 is 5.60 Å². The number of unbranched alkanes of at least 4 members (excludes halogenated alkanes) is 2. The van der Waals surface area contributed by atoms with Gasteiger partial charge in [-0.15, -0.1) is 0 Å². The van der Waals surface area contributed by atoms with Gasteiger partial charge in [0.15, 0.2) is 11.4 Å². The summed E-state index contributed by atoms with van der Waals surface area (Å²) in [5, 5.41) is 9.92. The van der Waals surface area contributed by atoms with Crippen LogP contribution in [0.15, 0.2) is 0 Å². The molecule has 0 radical (unpaired) electrons. The normalized spacial score (nSPS) is 26.9. The van der Waals surface area contributed by atoms with Gasteiger partial charge in [0, 0.05) is 12.8 Å². The third-order valence-corrected chi connectivity index (χ3v) is 2.60. The topological polar surface area (TPSA) is 37.3 Å². The minimum absolute atomic E-state index is 0.0900. The molecule has 0 bridgehead atoms. The van der Waals surface area contributed by atoms with Crippen molar-refractivity contribution in [2.75, 3.05) is 0 Å². The van der Waals surface area contributed by atoms with Crippen molar-refractivity contribution in [3.8, 4) is 11.8 Å². The average molecular weight is 194 g/mol. The van der Waals surface area contributed by atoms with Crippen molar-refractivity contribution in [3.05, 3.63) is 0 Å². The highest BCUT2D eigenvalue weighted by atomic mass is 16.3. The Hall–Kier alpha value is -0.810. The lowest BCUT2D eigenvalue weighted by Gasteiger charge is -2.24. The molecular formula is C12H18O2. The quantitative estimate of drug-likeness (QED) is 0.539. The van der Waals surface area contributed by atoms with Crippen LogP contribution in [-0.2, 0) is 4.79 Å². The molecule has 1 aliphatic carbocycles. The fourth-order valence-electron chi connectivity index (χ4n) is 1.62. The van der Waals surface area contributed by atoms with Crippen molar-refractivity contribution in [2.24, 2.45) is 0 Å². The van der Waals surface area contributed by atoms with E-state index in [0.29, 0.717) is 12.8 Å². The molecule has 1 saturated carbocycles. The average Bonchev–Trinajstić information content (AvgIpc) is 2.18. The maximum absolute atomic E-state index is 11.4. The molecule has 0 aliphatic heterocycles. The van der Waals surface area contributed by atoms with Crippen LogP contribution in [0.3, 0.4) is 0 Å². The summed E-state index contributed by atoms with van der Waals surface area (Å²) in [6.07, 6.45) is 5.73. The number of Topliss-reactive ketones (excluding diaryl/α,β-unsaturated/α-hetero) is 1. The first-order chi connectivity index (χ1) is 6.69. The number of ketones is 1. The summed E-state index contributed by atoms with van der Waals surface area (Å²) in [5.41, 5.74) is -1.31. The monoisotopic (exact) mass is 194 g/mol. The van der Waals surface area contributed by atoms with Crippen LogP contribution in [0.5, 0.6) is 0 Å². The zero-order chi connectivity index (χ0) is 10.4. The Morgan fingerprint density at radius 3 is 2.93 bits per heavy atom. The van der Waals surface area contributed by atoms with Gasteiger partial charge in [-0.05, 0) is 25.7 Å². The van der Waals surface area contributed by atoms with Gasteiger partial charge in [0.05, 0.1) is 0 Å². The van der Waals surface area contributed by atoms with E-state index in [-0.39, 0.29) is 5.78 Å². The van der Waals surface area contributed by atoms with Crippen LogP contribution >= 0.6 is 0 Å². The zero-order valence-electron chi connectivity index (χ0n) is 8.81. The van der Waals surface area contributed by atoms with E-state index in [0.717, 1.165) is 32.1 Å². The summed E-state index contributed by atoms with van der Waals surface area (Å²) in [6.45, 7) is 2.10. The van der Waals surface area contributed by atoms with Crippen LogP contribution in [0, 0.1) is 11.8 Å². The van der Waals surface area contributed by atoms with Gasteiger partial charge in [-0.1, -0.05) is 25.2 Å². The molecule has 0 amide bonds. The Bertz CT molecular complexity index is 259. The standard InChI is InChI=1S/C12H18O2/c1-2-3-4-6-9-12(14)10-7-5-8-11(12)13/h14H,2-5,7-8,10H2,1H3. The van der Waals surface area contributed by atoms with Crippen LogP contribution < -0.4 is 0 Å².